The molecule has 1 saturated heterocycles. The molecule has 0 saturated carbocycles. The summed E-state index contributed by atoms with van der Waals surface area (Å²) in [5, 5.41) is 0. The quantitative estimate of drug-likeness (QED) is 0.777. The van der Waals surface area contributed by atoms with Gasteiger partial charge in [-0.2, -0.15) is 0 Å². The molecular weight excluding hydrogens is 248 g/mol. The molecule has 1 heterocycles. The van der Waals surface area contributed by atoms with Gasteiger partial charge in [-0.3, -0.25) is 4.90 Å². The average Bonchev–Trinajstić information content (AvgIpc) is 2.50. The van der Waals surface area contributed by atoms with Crippen molar-refractivity contribution in [2.45, 2.75) is 25.4 Å². The van der Waals surface area contributed by atoms with E-state index in [1.165, 1.54) is 11.1 Å². The first kappa shape index (κ1) is 15.2. The van der Waals surface area contributed by atoms with Crippen molar-refractivity contribution in [2.75, 3.05) is 32.8 Å². The molecule has 2 N–H and O–H groups in total. The van der Waals surface area contributed by atoms with Gasteiger partial charge in [0.2, 0.25) is 0 Å². The lowest BCUT2D eigenvalue weighted by atomic mass is 10.0. The van der Waals surface area contributed by atoms with Crippen molar-refractivity contribution in [3.63, 3.8) is 0 Å². The molecule has 0 atom stereocenters. The van der Waals surface area contributed by atoms with Gasteiger partial charge in [-0.05, 0) is 36.9 Å². The number of rotatable bonds is 7. The second-order valence-corrected chi connectivity index (χ2v) is 5.46. The van der Waals surface area contributed by atoms with Gasteiger partial charge in [-0.25, -0.2) is 0 Å². The minimum atomic E-state index is 0.419. The van der Waals surface area contributed by atoms with E-state index >= 15 is 0 Å². The standard InChI is InChI=1S/C17H26N2O/c1-15(16-6-3-2-4-7-16)14-19-11-8-17(9-12-19)20-13-5-10-18/h2-4,6-7,17H,1,5,8-14,18H2. The van der Waals surface area contributed by atoms with E-state index in [1.807, 2.05) is 6.07 Å². The Morgan fingerprint density at radius 3 is 2.60 bits per heavy atom. The number of benzene rings is 1. The van der Waals surface area contributed by atoms with Gasteiger partial charge in [-0.1, -0.05) is 36.9 Å². The third-order valence-electron chi connectivity index (χ3n) is 3.83. The second kappa shape index (κ2) is 8.20. The smallest absolute Gasteiger partial charge is 0.0599 e. The van der Waals surface area contributed by atoms with Crippen LogP contribution >= 0.6 is 0 Å². The zero-order valence-corrected chi connectivity index (χ0v) is 12.3. The number of nitrogens with zero attached hydrogens (tertiary/aromatic N) is 1. The van der Waals surface area contributed by atoms with E-state index in [-0.39, 0.29) is 0 Å². The molecule has 1 fully saturated rings. The van der Waals surface area contributed by atoms with Crippen molar-refractivity contribution in [3.05, 3.63) is 42.5 Å². The highest BCUT2D eigenvalue weighted by molar-refractivity contribution is 5.64. The lowest BCUT2D eigenvalue weighted by molar-refractivity contribution is 0.00991. The maximum Gasteiger partial charge on any atom is 0.0599 e. The van der Waals surface area contributed by atoms with Crippen LogP contribution < -0.4 is 5.73 Å². The molecule has 0 bridgehead atoms. The van der Waals surface area contributed by atoms with Crippen molar-refractivity contribution in [1.29, 1.82) is 0 Å². The van der Waals surface area contributed by atoms with E-state index in [2.05, 4.69) is 35.7 Å². The van der Waals surface area contributed by atoms with Crippen LogP contribution in [0.1, 0.15) is 24.8 Å². The molecule has 20 heavy (non-hydrogen) atoms. The van der Waals surface area contributed by atoms with Crippen LogP contribution in [0.4, 0.5) is 0 Å². The fraction of sp³-hybridized carbons (Fsp3) is 0.529. The SMILES string of the molecule is C=C(CN1CCC(OCCCN)CC1)c1ccccc1. The van der Waals surface area contributed by atoms with Crippen LogP contribution in [0, 0.1) is 0 Å². The fourth-order valence-corrected chi connectivity index (χ4v) is 2.60. The molecule has 0 aromatic heterocycles. The first-order valence-electron chi connectivity index (χ1n) is 7.57. The maximum absolute atomic E-state index is 5.83. The largest absolute Gasteiger partial charge is 0.378 e. The molecule has 1 aromatic rings. The molecule has 3 nitrogen and oxygen atoms in total. The monoisotopic (exact) mass is 274 g/mol. The lowest BCUT2D eigenvalue weighted by Crippen LogP contribution is -2.38. The van der Waals surface area contributed by atoms with Crippen LogP contribution in [-0.4, -0.2) is 43.8 Å². The van der Waals surface area contributed by atoms with Gasteiger partial charge in [0.25, 0.3) is 0 Å². The third-order valence-corrected chi connectivity index (χ3v) is 3.83. The number of nitrogens with two attached hydrogens (primary N) is 1. The highest BCUT2D eigenvalue weighted by atomic mass is 16.5. The molecule has 1 aliphatic rings. The Morgan fingerprint density at radius 1 is 1.25 bits per heavy atom. The van der Waals surface area contributed by atoms with E-state index in [0.717, 1.165) is 52.0 Å². The van der Waals surface area contributed by atoms with Crippen molar-refractivity contribution >= 4 is 5.57 Å². The predicted octanol–water partition coefficient (Wildman–Crippen LogP) is 2.53. The Kier molecular flexibility index (Phi) is 6.25. The Labute approximate surface area is 122 Å². The average molecular weight is 274 g/mol. The Hall–Kier alpha value is -1.16. The fourth-order valence-electron chi connectivity index (χ4n) is 2.60. The van der Waals surface area contributed by atoms with E-state index in [4.69, 9.17) is 10.5 Å². The molecule has 0 amide bonds. The van der Waals surface area contributed by atoms with Gasteiger partial charge in [0.1, 0.15) is 0 Å². The van der Waals surface area contributed by atoms with Crippen LogP contribution in [0.25, 0.3) is 5.57 Å². The molecule has 1 aromatic carbocycles. The Bertz CT molecular complexity index is 397. The van der Waals surface area contributed by atoms with Crippen molar-refractivity contribution in [3.8, 4) is 0 Å². The third kappa shape index (κ3) is 4.75. The molecular formula is C17H26N2O. The van der Waals surface area contributed by atoms with E-state index in [0.29, 0.717) is 6.10 Å². The van der Waals surface area contributed by atoms with Gasteiger partial charge in [0, 0.05) is 26.2 Å². The summed E-state index contributed by atoms with van der Waals surface area (Å²) in [5.41, 5.74) is 7.92. The normalized spacial score (nSPS) is 17.2. The first-order valence-corrected chi connectivity index (χ1v) is 7.57. The summed E-state index contributed by atoms with van der Waals surface area (Å²) in [6.45, 7) is 8.88. The molecule has 110 valence electrons. The summed E-state index contributed by atoms with van der Waals surface area (Å²) in [4.78, 5) is 2.47. The summed E-state index contributed by atoms with van der Waals surface area (Å²) in [6.07, 6.45) is 3.62. The molecule has 0 radical (unpaired) electrons. The lowest BCUT2D eigenvalue weighted by Gasteiger charge is -2.32. The van der Waals surface area contributed by atoms with Gasteiger partial charge < -0.3 is 10.5 Å². The molecule has 0 aliphatic carbocycles. The van der Waals surface area contributed by atoms with E-state index < -0.39 is 0 Å². The zero-order valence-electron chi connectivity index (χ0n) is 12.3. The minimum absolute atomic E-state index is 0.419. The van der Waals surface area contributed by atoms with Crippen molar-refractivity contribution in [1.82, 2.24) is 4.90 Å². The van der Waals surface area contributed by atoms with Crippen LogP contribution in [-0.2, 0) is 4.74 Å². The predicted molar refractivity (Wildman–Crippen MR) is 84.6 cm³/mol. The van der Waals surface area contributed by atoms with Crippen LogP contribution in [0.2, 0.25) is 0 Å². The Morgan fingerprint density at radius 2 is 1.95 bits per heavy atom. The Balaban J connectivity index is 1.70. The van der Waals surface area contributed by atoms with Gasteiger partial charge in [0.15, 0.2) is 0 Å². The summed E-state index contributed by atoms with van der Waals surface area (Å²) in [6, 6.07) is 10.4. The molecule has 0 unspecified atom stereocenters. The molecule has 0 spiro atoms. The summed E-state index contributed by atoms with van der Waals surface area (Å²) in [7, 11) is 0. The van der Waals surface area contributed by atoms with Gasteiger partial charge >= 0.3 is 0 Å². The number of hydrogen-bond acceptors (Lipinski definition) is 3. The van der Waals surface area contributed by atoms with Crippen LogP contribution in [0.3, 0.4) is 0 Å². The second-order valence-electron chi connectivity index (χ2n) is 5.46. The summed E-state index contributed by atoms with van der Waals surface area (Å²) in [5.74, 6) is 0. The minimum Gasteiger partial charge on any atom is -0.378 e. The van der Waals surface area contributed by atoms with Crippen LogP contribution in [0.5, 0.6) is 0 Å². The summed E-state index contributed by atoms with van der Waals surface area (Å²) >= 11 is 0. The number of hydrogen-bond donors (Lipinski definition) is 1. The highest BCUT2D eigenvalue weighted by Gasteiger charge is 2.19. The number of likely N-dealkylation sites (tertiary alicyclic amines) is 1. The molecule has 3 heteroatoms. The van der Waals surface area contributed by atoms with Gasteiger partial charge in [0.05, 0.1) is 6.10 Å². The number of ether oxygens (including phenoxy) is 1. The van der Waals surface area contributed by atoms with E-state index in [1.54, 1.807) is 0 Å². The van der Waals surface area contributed by atoms with Crippen molar-refractivity contribution < 1.29 is 4.74 Å². The molecule has 1 aliphatic heterocycles. The first-order chi connectivity index (χ1) is 9.79. The number of piperidine rings is 1. The van der Waals surface area contributed by atoms with Crippen molar-refractivity contribution in [2.24, 2.45) is 5.73 Å². The van der Waals surface area contributed by atoms with Crippen LogP contribution in [0.15, 0.2) is 36.9 Å². The topological polar surface area (TPSA) is 38.5 Å². The van der Waals surface area contributed by atoms with E-state index in [9.17, 15) is 0 Å². The highest BCUT2D eigenvalue weighted by Crippen LogP contribution is 2.18. The van der Waals surface area contributed by atoms with Gasteiger partial charge in [-0.15, -0.1) is 0 Å². The maximum atomic E-state index is 5.83. The molecule has 2 rings (SSSR count). The summed E-state index contributed by atoms with van der Waals surface area (Å²) < 4.78 is 5.83. The zero-order chi connectivity index (χ0) is 14.2.